The van der Waals surface area contributed by atoms with E-state index in [1.54, 1.807) is 19.1 Å². The van der Waals surface area contributed by atoms with Crippen LogP contribution < -0.4 is 10.1 Å². The molecule has 0 aromatic heterocycles. The van der Waals surface area contributed by atoms with Gasteiger partial charge >= 0.3 is 6.09 Å². The Morgan fingerprint density at radius 3 is 2.50 bits per heavy atom. The van der Waals surface area contributed by atoms with Crippen molar-refractivity contribution in [2.75, 3.05) is 18.5 Å². The zero-order valence-electron chi connectivity index (χ0n) is 16.3. The molecule has 0 saturated carbocycles. The van der Waals surface area contributed by atoms with Crippen molar-refractivity contribution in [2.24, 2.45) is 0 Å². The van der Waals surface area contributed by atoms with Gasteiger partial charge in [-0.3, -0.25) is 9.69 Å². The van der Waals surface area contributed by atoms with Gasteiger partial charge in [-0.15, -0.1) is 0 Å². The number of nitrogens with zero attached hydrogens (tertiary/aromatic N) is 1. The minimum absolute atomic E-state index is 0.187. The van der Waals surface area contributed by atoms with Gasteiger partial charge in [0.15, 0.2) is 0 Å². The molecule has 6 heteroatoms. The summed E-state index contributed by atoms with van der Waals surface area (Å²) in [5.41, 5.74) is 0.640. The first-order valence-corrected chi connectivity index (χ1v) is 9.55. The fourth-order valence-electron chi connectivity index (χ4n) is 3.36. The highest BCUT2D eigenvalue weighted by Crippen LogP contribution is 2.31. The molecule has 2 amide bonds. The molecule has 3 rings (SSSR count). The van der Waals surface area contributed by atoms with E-state index >= 15 is 0 Å². The van der Waals surface area contributed by atoms with E-state index in [1.807, 2.05) is 49.4 Å². The second-order valence-corrected chi connectivity index (χ2v) is 6.98. The highest BCUT2D eigenvalue weighted by atomic mass is 16.6. The van der Waals surface area contributed by atoms with E-state index < -0.39 is 11.6 Å². The molecular weight excluding hydrogens is 356 g/mol. The van der Waals surface area contributed by atoms with Crippen LogP contribution in [0, 0.1) is 0 Å². The van der Waals surface area contributed by atoms with Crippen molar-refractivity contribution in [3.05, 3.63) is 60.2 Å². The molecule has 1 aliphatic rings. The van der Waals surface area contributed by atoms with Crippen LogP contribution in [0.1, 0.15) is 32.3 Å². The molecule has 1 unspecified atom stereocenters. The molecule has 1 N–H and O–H groups in total. The lowest BCUT2D eigenvalue weighted by atomic mass is 9.98. The van der Waals surface area contributed by atoms with Gasteiger partial charge in [0, 0.05) is 12.2 Å². The van der Waals surface area contributed by atoms with Crippen LogP contribution >= 0.6 is 0 Å². The summed E-state index contributed by atoms with van der Waals surface area (Å²) < 4.78 is 10.9. The number of amides is 2. The lowest BCUT2D eigenvalue weighted by Gasteiger charge is -2.33. The molecule has 0 spiro atoms. The summed E-state index contributed by atoms with van der Waals surface area (Å²) in [6.07, 6.45) is 0.884. The summed E-state index contributed by atoms with van der Waals surface area (Å²) in [5, 5.41) is 2.91. The van der Waals surface area contributed by atoms with Crippen LogP contribution in [0.5, 0.6) is 5.75 Å². The molecule has 1 atom stereocenters. The van der Waals surface area contributed by atoms with Crippen molar-refractivity contribution in [2.45, 2.75) is 38.8 Å². The van der Waals surface area contributed by atoms with Crippen molar-refractivity contribution in [1.29, 1.82) is 0 Å². The minimum atomic E-state index is -0.938. The molecule has 0 bridgehead atoms. The van der Waals surface area contributed by atoms with Gasteiger partial charge in [-0.05, 0) is 56.5 Å². The fraction of sp³-hybridized carbons (Fsp3) is 0.364. The smallest absolute Gasteiger partial charge is 0.410 e. The van der Waals surface area contributed by atoms with E-state index in [4.69, 9.17) is 9.47 Å². The molecule has 0 radical (unpaired) electrons. The van der Waals surface area contributed by atoms with Crippen molar-refractivity contribution >= 4 is 17.7 Å². The van der Waals surface area contributed by atoms with E-state index in [1.165, 1.54) is 4.90 Å². The Bertz CT molecular complexity index is 807. The fourth-order valence-corrected chi connectivity index (χ4v) is 3.36. The number of likely N-dealkylation sites (tertiary alicyclic amines) is 1. The Kier molecular flexibility index (Phi) is 6.19. The first-order valence-electron chi connectivity index (χ1n) is 9.55. The number of carbonyl (C=O) groups excluding carboxylic acids is 2. The summed E-state index contributed by atoms with van der Waals surface area (Å²) in [5.74, 6) is 0.532. The predicted molar refractivity (Wildman–Crippen MR) is 107 cm³/mol. The van der Waals surface area contributed by atoms with Crippen LogP contribution in [-0.2, 0) is 16.1 Å². The maximum Gasteiger partial charge on any atom is 0.410 e. The third-order valence-corrected chi connectivity index (χ3v) is 4.98. The van der Waals surface area contributed by atoms with Crippen LogP contribution in [-0.4, -0.2) is 35.6 Å². The Balaban J connectivity index is 1.63. The summed E-state index contributed by atoms with van der Waals surface area (Å²) >= 11 is 0. The van der Waals surface area contributed by atoms with E-state index in [9.17, 15) is 9.59 Å². The molecule has 1 heterocycles. The van der Waals surface area contributed by atoms with Gasteiger partial charge in [0.2, 0.25) is 5.91 Å². The van der Waals surface area contributed by atoms with E-state index in [0.717, 1.165) is 17.7 Å². The number of carbonyl (C=O) groups is 2. The summed E-state index contributed by atoms with van der Waals surface area (Å²) in [4.78, 5) is 27.1. The monoisotopic (exact) mass is 382 g/mol. The number of nitrogens with one attached hydrogen (secondary N) is 1. The largest absolute Gasteiger partial charge is 0.494 e. The van der Waals surface area contributed by atoms with Crippen LogP contribution in [0.25, 0.3) is 0 Å². The van der Waals surface area contributed by atoms with Crippen LogP contribution in [0.4, 0.5) is 10.5 Å². The highest BCUT2D eigenvalue weighted by Gasteiger charge is 2.46. The number of ether oxygens (including phenoxy) is 2. The second kappa shape index (κ2) is 8.78. The summed E-state index contributed by atoms with van der Waals surface area (Å²) in [6.45, 7) is 4.98. The molecule has 2 aromatic rings. The summed E-state index contributed by atoms with van der Waals surface area (Å²) in [6, 6.07) is 16.7. The van der Waals surface area contributed by atoms with Gasteiger partial charge in [-0.1, -0.05) is 30.3 Å². The molecule has 2 aromatic carbocycles. The average Bonchev–Trinajstić information content (AvgIpc) is 3.12. The normalized spacial score (nSPS) is 18.6. The van der Waals surface area contributed by atoms with Crippen LogP contribution in [0.15, 0.2) is 54.6 Å². The predicted octanol–water partition coefficient (Wildman–Crippen LogP) is 4.22. The maximum absolute atomic E-state index is 12.9. The Morgan fingerprint density at radius 2 is 1.82 bits per heavy atom. The quantitative estimate of drug-likeness (QED) is 0.812. The van der Waals surface area contributed by atoms with Crippen molar-refractivity contribution in [1.82, 2.24) is 4.90 Å². The highest BCUT2D eigenvalue weighted by molar-refractivity contribution is 6.00. The number of rotatable bonds is 6. The topological polar surface area (TPSA) is 67.9 Å². The van der Waals surface area contributed by atoms with Crippen LogP contribution in [0.2, 0.25) is 0 Å². The van der Waals surface area contributed by atoms with Gasteiger partial charge in [0.05, 0.1) is 6.61 Å². The average molecular weight is 382 g/mol. The summed E-state index contributed by atoms with van der Waals surface area (Å²) in [7, 11) is 0. The van der Waals surface area contributed by atoms with Crippen molar-refractivity contribution in [3.63, 3.8) is 0 Å². The lowest BCUT2D eigenvalue weighted by molar-refractivity contribution is -0.125. The second-order valence-electron chi connectivity index (χ2n) is 6.98. The van der Waals surface area contributed by atoms with Gasteiger partial charge < -0.3 is 14.8 Å². The number of anilines is 1. The molecule has 0 aliphatic carbocycles. The molecule has 1 aliphatic heterocycles. The molecule has 6 nitrogen and oxygen atoms in total. The van der Waals surface area contributed by atoms with Gasteiger partial charge in [0.25, 0.3) is 0 Å². The molecule has 148 valence electrons. The Labute approximate surface area is 165 Å². The first kappa shape index (κ1) is 19.7. The zero-order chi connectivity index (χ0) is 20.0. The first-order chi connectivity index (χ1) is 13.5. The van der Waals surface area contributed by atoms with Gasteiger partial charge in [-0.25, -0.2) is 4.79 Å². The van der Waals surface area contributed by atoms with E-state index in [0.29, 0.717) is 25.3 Å². The lowest BCUT2D eigenvalue weighted by Crippen LogP contribution is -2.53. The SMILES string of the molecule is CCOc1ccc(NC(=O)C2(C)CCCN2C(=O)OCc2ccccc2)cc1. The zero-order valence-corrected chi connectivity index (χ0v) is 16.3. The molecule has 1 saturated heterocycles. The third-order valence-electron chi connectivity index (χ3n) is 4.98. The van der Waals surface area contributed by atoms with Crippen molar-refractivity contribution < 1.29 is 19.1 Å². The molecule has 1 fully saturated rings. The molecular formula is C22H26N2O4. The number of hydrogen-bond acceptors (Lipinski definition) is 4. The van der Waals surface area contributed by atoms with E-state index in [-0.39, 0.29) is 12.5 Å². The maximum atomic E-state index is 12.9. The van der Waals surface area contributed by atoms with Gasteiger partial charge in [0.1, 0.15) is 17.9 Å². The standard InChI is InChI=1S/C22H26N2O4/c1-3-27-19-12-10-18(11-13-19)23-20(25)22(2)14-7-15-24(22)21(26)28-16-17-8-5-4-6-9-17/h4-6,8-13H,3,7,14-16H2,1-2H3,(H,23,25). The minimum Gasteiger partial charge on any atom is -0.494 e. The van der Waals surface area contributed by atoms with Crippen molar-refractivity contribution in [3.8, 4) is 5.75 Å². The Hall–Kier alpha value is -3.02. The molecule has 28 heavy (non-hydrogen) atoms. The number of benzene rings is 2. The van der Waals surface area contributed by atoms with Crippen LogP contribution in [0.3, 0.4) is 0 Å². The van der Waals surface area contributed by atoms with E-state index in [2.05, 4.69) is 5.32 Å². The third kappa shape index (κ3) is 4.44. The number of hydrogen-bond donors (Lipinski definition) is 1. The van der Waals surface area contributed by atoms with Gasteiger partial charge in [-0.2, -0.15) is 0 Å². The Morgan fingerprint density at radius 1 is 1.11 bits per heavy atom.